The highest BCUT2D eigenvalue weighted by atomic mass is 32.2. The van der Waals surface area contributed by atoms with Crippen LogP contribution in [0.15, 0.2) is 35.6 Å². The van der Waals surface area contributed by atoms with Crippen molar-refractivity contribution in [3.8, 4) is 5.75 Å². The Kier molecular flexibility index (Phi) is 5.43. The third-order valence-corrected chi connectivity index (χ3v) is 7.87. The molecule has 1 saturated heterocycles. The van der Waals surface area contributed by atoms with Gasteiger partial charge in [0.2, 0.25) is 5.43 Å². The molecular weight excluding hydrogens is 486 g/mol. The van der Waals surface area contributed by atoms with Gasteiger partial charge in [0.1, 0.15) is 27.7 Å². The number of hydrogen-bond acceptors (Lipinski definition) is 13. The van der Waals surface area contributed by atoms with E-state index in [2.05, 4.69) is 15.5 Å². The van der Waals surface area contributed by atoms with E-state index in [0.29, 0.717) is 11.8 Å². The number of fused-ring (bicyclic) bond motifs is 1. The van der Waals surface area contributed by atoms with Crippen LogP contribution in [0.3, 0.4) is 0 Å². The van der Waals surface area contributed by atoms with E-state index in [0.717, 1.165) is 28.0 Å². The van der Waals surface area contributed by atoms with Crippen LogP contribution in [0.5, 0.6) is 5.75 Å². The highest BCUT2D eigenvalue weighted by Gasteiger charge is 2.54. The number of rotatable bonds is 6. The van der Waals surface area contributed by atoms with Gasteiger partial charge in [0.25, 0.3) is 17.2 Å². The molecule has 3 heterocycles. The van der Waals surface area contributed by atoms with E-state index in [1.807, 2.05) is 0 Å². The Morgan fingerprint density at radius 3 is 2.59 bits per heavy atom. The van der Waals surface area contributed by atoms with Gasteiger partial charge in [0, 0.05) is 16.0 Å². The Labute approximate surface area is 189 Å². The number of thiazole rings is 1. The van der Waals surface area contributed by atoms with Gasteiger partial charge in [-0.25, -0.2) is 9.78 Å². The van der Waals surface area contributed by atoms with Gasteiger partial charge in [-0.15, -0.1) is 23.1 Å². The minimum atomic E-state index is -1.45. The van der Waals surface area contributed by atoms with Crippen molar-refractivity contribution in [2.75, 3.05) is 11.5 Å². The van der Waals surface area contributed by atoms with Gasteiger partial charge in [-0.05, 0) is 0 Å². The number of nitrogens with one attached hydrogen (secondary N) is 1. The summed E-state index contributed by atoms with van der Waals surface area (Å²) in [6, 6.07) is -1.11. The lowest BCUT2D eigenvalue weighted by molar-refractivity contribution is -0.150. The molecule has 0 saturated carbocycles. The second-order valence-electron chi connectivity index (χ2n) is 6.40. The average Bonchev–Trinajstić information content (AvgIpc) is 3.20. The van der Waals surface area contributed by atoms with Gasteiger partial charge in [-0.2, -0.15) is 0 Å². The maximum Gasteiger partial charge on any atom is 0.353 e. The number of nitrogen functional groups attached to an aromatic ring is 1. The van der Waals surface area contributed by atoms with Gasteiger partial charge in [0.05, 0.1) is 0 Å². The van der Waals surface area contributed by atoms with E-state index in [9.17, 15) is 39.4 Å². The molecule has 16 heteroatoms. The summed E-state index contributed by atoms with van der Waals surface area (Å²) in [4.78, 5) is 64.4. The molecule has 1 aromatic carbocycles. The molecule has 166 valence electrons. The normalized spacial score (nSPS) is 20.8. The standard InChI is InChI=1S/C16H11N5O8S3/c17-16-18-3(1-31-16)5(20-29)12(25)19-6-13(26)21-7(15(27)28)4(2-30-14(6)21)32-11-9(23)8(22)10(11)24/h1,6,14,23,29H,2H2,(H2,17,18)(H,19,25)(H,27,28)/b20-5-/t6-,14-/m1/s1. The Bertz CT molecular complexity index is 1310. The van der Waals surface area contributed by atoms with Crippen molar-refractivity contribution in [1.82, 2.24) is 15.2 Å². The maximum atomic E-state index is 12.7. The zero-order valence-electron chi connectivity index (χ0n) is 15.5. The molecule has 2 aliphatic rings. The number of thioether (sulfide) groups is 2. The number of nitrogens with zero attached hydrogens (tertiary/aromatic N) is 3. The Balaban J connectivity index is 1.54. The predicted molar refractivity (Wildman–Crippen MR) is 113 cm³/mol. The number of aromatic nitrogens is 1. The quantitative estimate of drug-likeness (QED) is 0.103. The van der Waals surface area contributed by atoms with Gasteiger partial charge in [-0.3, -0.25) is 24.1 Å². The summed E-state index contributed by atoms with van der Waals surface area (Å²) in [6.07, 6.45) is 0. The molecule has 32 heavy (non-hydrogen) atoms. The second kappa shape index (κ2) is 7.95. The minimum absolute atomic E-state index is 0.00466. The third kappa shape index (κ3) is 3.32. The molecule has 6 N–H and O–H groups in total. The number of carboxylic acid groups (broad SMARTS) is 1. The number of carbonyl (C=O) groups excluding carboxylic acids is 2. The zero-order chi connectivity index (χ0) is 23.3. The molecule has 0 spiro atoms. The monoisotopic (exact) mass is 497 g/mol. The fourth-order valence-corrected chi connectivity index (χ4v) is 6.15. The minimum Gasteiger partial charge on any atom is -0.503 e. The van der Waals surface area contributed by atoms with Crippen molar-refractivity contribution in [3.05, 3.63) is 42.1 Å². The number of carbonyl (C=O) groups is 3. The van der Waals surface area contributed by atoms with Gasteiger partial charge in [-0.1, -0.05) is 16.9 Å². The molecular formula is C16H11N5O8S3. The molecule has 2 amide bonds. The number of β-lactam (4-membered cyclic amide) rings is 1. The summed E-state index contributed by atoms with van der Waals surface area (Å²) in [5.74, 6) is -3.82. The largest absolute Gasteiger partial charge is 0.503 e. The summed E-state index contributed by atoms with van der Waals surface area (Å²) in [7, 11) is 0. The van der Waals surface area contributed by atoms with Crippen LogP contribution < -0.4 is 21.9 Å². The van der Waals surface area contributed by atoms with Crippen LogP contribution in [-0.2, 0) is 14.4 Å². The van der Waals surface area contributed by atoms with Crippen LogP contribution >= 0.6 is 34.9 Å². The van der Waals surface area contributed by atoms with Gasteiger partial charge >= 0.3 is 5.97 Å². The van der Waals surface area contributed by atoms with E-state index >= 15 is 0 Å². The molecule has 2 aliphatic heterocycles. The number of carboxylic acids is 1. The number of oxime groups is 1. The summed E-state index contributed by atoms with van der Waals surface area (Å²) in [6.45, 7) is 0. The van der Waals surface area contributed by atoms with Crippen LogP contribution in [0, 0.1) is 0 Å². The maximum absolute atomic E-state index is 12.7. The number of aromatic hydroxyl groups is 1. The van der Waals surface area contributed by atoms with Crippen molar-refractivity contribution in [2.24, 2.45) is 5.16 Å². The molecule has 2 aromatic rings. The Hall–Kier alpha value is -3.37. The molecule has 4 rings (SSSR count). The lowest BCUT2D eigenvalue weighted by atomic mass is 10.0. The van der Waals surface area contributed by atoms with Crippen LogP contribution in [0.2, 0.25) is 0 Å². The van der Waals surface area contributed by atoms with E-state index in [4.69, 9.17) is 5.73 Å². The number of anilines is 1. The van der Waals surface area contributed by atoms with Crippen LogP contribution in [-0.4, -0.2) is 66.0 Å². The Morgan fingerprint density at radius 1 is 1.31 bits per heavy atom. The summed E-state index contributed by atoms with van der Waals surface area (Å²) in [5, 5.41) is 34.4. The van der Waals surface area contributed by atoms with E-state index in [1.165, 1.54) is 5.38 Å². The zero-order valence-corrected chi connectivity index (χ0v) is 17.9. The van der Waals surface area contributed by atoms with Crippen LogP contribution in [0.4, 0.5) is 5.13 Å². The number of amides is 2. The highest BCUT2D eigenvalue weighted by Crippen LogP contribution is 2.45. The summed E-state index contributed by atoms with van der Waals surface area (Å²) < 4.78 is 0. The fraction of sp³-hybridized carbons (Fsp3) is 0.188. The fourth-order valence-electron chi connectivity index (χ4n) is 3.06. The number of hydrogen-bond donors (Lipinski definition) is 5. The molecule has 0 aliphatic carbocycles. The topological polar surface area (TPSA) is 213 Å². The van der Waals surface area contributed by atoms with Crippen LogP contribution in [0.1, 0.15) is 5.69 Å². The summed E-state index contributed by atoms with van der Waals surface area (Å²) in [5.41, 5.74) is 2.64. The SMILES string of the molecule is Nc1nc(/C(=N/O)C(=O)N[C@@H]2C(=O)N3C(C(=O)O)=C(Sc4c(O)c(=O)c4=O)CS[C@H]23)cs1. The van der Waals surface area contributed by atoms with E-state index in [-0.39, 0.29) is 26.4 Å². The van der Waals surface area contributed by atoms with E-state index in [1.54, 1.807) is 0 Å². The first-order chi connectivity index (χ1) is 15.1. The number of nitrogens with two attached hydrogens (primary N) is 1. The molecule has 1 aromatic heterocycles. The predicted octanol–water partition coefficient (Wildman–Crippen LogP) is -1.31. The lowest BCUT2D eigenvalue weighted by Gasteiger charge is -2.49. The molecule has 0 bridgehead atoms. The van der Waals surface area contributed by atoms with Crippen molar-refractivity contribution < 1.29 is 29.8 Å². The second-order valence-corrected chi connectivity index (χ2v) is 9.50. The van der Waals surface area contributed by atoms with Crippen molar-refractivity contribution in [3.63, 3.8) is 0 Å². The van der Waals surface area contributed by atoms with Crippen molar-refractivity contribution >= 4 is 63.5 Å². The summed E-state index contributed by atoms with van der Waals surface area (Å²) >= 11 is 2.73. The first-order valence-electron chi connectivity index (χ1n) is 8.51. The molecule has 13 nitrogen and oxygen atoms in total. The lowest BCUT2D eigenvalue weighted by Crippen LogP contribution is -2.71. The first kappa shape index (κ1) is 21.8. The third-order valence-electron chi connectivity index (χ3n) is 4.57. The Morgan fingerprint density at radius 2 is 2.03 bits per heavy atom. The molecule has 1 fully saturated rings. The van der Waals surface area contributed by atoms with Gasteiger partial charge in [0.15, 0.2) is 16.6 Å². The van der Waals surface area contributed by atoms with Gasteiger partial charge < -0.3 is 26.5 Å². The number of aliphatic carboxylic acids is 1. The average molecular weight is 497 g/mol. The van der Waals surface area contributed by atoms with E-state index < -0.39 is 57.2 Å². The van der Waals surface area contributed by atoms with Crippen molar-refractivity contribution in [1.29, 1.82) is 0 Å². The first-order valence-corrected chi connectivity index (χ1v) is 11.3. The molecule has 0 radical (unpaired) electrons. The highest BCUT2D eigenvalue weighted by molar-refractivity contribution is 8.06. The van der Waals surface area contributed by atoms with Crippen molar-refractivity contribution in [2.45, 2.75) is 16.3 Å². The molecule has 2 atom stereocenters. The smallest absolute Gasteiger partial charge is 0.353 e. The molecule has 0 unspecified atom stereocenters. The van der Waals surface area contributed by atoms with Crippen LogP contribution in [0.25, 0.3) is 0 Å².